The molecule has 0 unspecified atom stereocenters. The molecule has 0 saturated carbocycles. The Kier molecular flexibility index (Phi) is 4.52. The van der Waals surface area contributed by atoms with Crippen LogP contribution in [0.1, 0.15) is 52.9 Å². The van der Waals surface area contributed by atoms with E-state index in [1.54, 1.807) is 0 Å². The summed E-state index contributed by atoms with van der Waals surface area (Å²) in [5, 5.41) is 4.56. The number of rotatable bonds is 4. The summed E-state index contributed by atoms with van der Waals surface area (Å²) in [6.07, 6.45) is 2.12. The second kappa shape index (κ2) is 6.46. The Balaban J connectivity index is 1.82. The zero-order chi connectivity index (χ0) is 17.4. The van der Waals surface area contributed by atoms with Gasteiger partial charge in [0, 0.05) is 30.2 Å². The monoisotopic (exact) mass is 328 g/mol. The first-order valence-electron chi connectivity index (χ1n) is 8.91. The van der Waals surface area contributed by atoms with Crippen LogP contribution in [0.25, 0.3) is 0 Å². The van der Waals surface area contributed by atoms with E-state index in [9.17, 15) is 4.79 Å². The molecular formula is C19H28N4O. The van der Waals surface area contributed by atoms with Gasteiger partial charge in [-0.05, 0) is 59.6 Å². The molecule has 1 aliphatic rings. The van der Waals surface area contributed by atoms with E-state index in [0.29, 0.717) is 0 Å². The van der Waals surface area contributed by atoms with E-state index in [1.807, 2.05) is 17.7 Å². The van der Waals surface area contributed by atoms with Gasteiger partial charge in [-0.15, -0.1) is 0 Å². The van der Waals surface area contributed by atoms with Gasteiger partial charge in [0.2, 0.25) is 0 Å². The van der Waals surface area contributed by atoms with Crippen molar-refractivity contribution >= 4 is 5.91 Å². The number of hydrogen-bond acceptors (Lipinski definition) is 2. The lowest BCUT2D eigenvalue weighted by atomic mass is 10.1. The van der Waals surface area contributed by atoms with Crippen LogP contribution in [0.15, 0.2) is 12.1 Å². The summed E-state index contributed by atoms with van der Waals surface area (Å²) in [6, 6.07) is 4.37. The van der Waals surface area contributed by atoms with E-state index in [4.69, 9.17) is 0 Å². The quantitative estimate of drug-likeness (QED) is 0.865. The van der Waals surface area contributed by atoms with Crippen molar-refractivity contribution in [2.24, 2.45) is 0 Å². The SMILES string of the molecule is CCn1c(C)cc(C(=O)N2CCC[C@@H]2Cn2nc(C)cc2C)c1C. The van der Waals surface area contributed by atoms with Crippen LogP contribution >= 0.6 is 0 Å². The van der Waals surface area contributed by atoms with Gasteiger partial charge in [-0.3, -0.25) is 9.48 Å². The van der Waals surface area contributed by atoms with Gasteiger partial charge in [0.05, 0.1) is 23.8 Å². The third-order valence-corrected chi connectivity index (χ3v) is 5.25. The van der Waals surface area contributed by atoms with Crippen LogP contribution in [0.5, 0.6) is 0 Å². The first-order valence-corrected chi connectivity index (χ1v) is 8.91. The van der Waals surface area contributed by atoms with Crippen molar-refractivity contribution < 1.29 is 4.79 Å². The molecule has 3 heterocycles. The largest absolute Gasteiger partial charge is 0.349 e. The van der Waals surface area contributed by atoms with Gasteiger partial charge in [-0.25, -0.2) is 0 Å². The van der Waals surface area contributed by atoms with Crippen molar-refractivity contribution in [2.45, 2.75) is 66.6 Å². The molecule has 5 heteroatoms. The third-order valence-electron chi connectivity index (χ3n) is 5.25. The van der Waals surface area contributed by atoms with Crippen LogP contribution in [0.4, 0.5) is 0 Å². The zero-order valence-electron chi connectivity index (χ0n) is 15.5. The summed E-state index contributed by atoms with van der Waals surface area (Å²) >= 11 is 0. The number of carbonyl (C=O) groups is 1. The van der Waals surface area contributed by atoms with Crippen LogP contribution in [-0.2, 0) is 13.1 Å². The van der Waals surface area contributed by atoms with Gasteiger partial charge in [-0.1, -0.05) is 0 Å². The molecule has 1 atom stereocenters. The van der Waals surface area contributed by atoms with Crippen LogP contribution in [0, 0.1) is 27.7 Å². The number of likely N-dealkylation sites (tertiary alicyclic amines) is 1. The molecule has 0 radical (unpaired) electrons. The maximum Gasteiger partial charge on any atom is 0.255 e. The predicted molar refractivity (Wildman–Crippen MR) is 95.3 cm³/mol. The lowest BCUT2D eigenvalue weighted by Gasteiger charge is -2.25. The summed E-state index contributed by atoms with van der Waals surface area (Å²) in [7, 11) is 0. The average Bonchev–Trinajstić information content (AvgIpc) is 3.18. The van der Waals surface area contributed by atoms with Crippen molar-refractivity contribution in [1.29, 1.82) is 0 Å². The molecule has 0 spiro atoms. The Bertz CT molecular complexity index is 756. The maximum absolute atomic E-state index is 13.1. The fraction of sp³-hybridized carbons (Fsp3) is 0.579. The highest BCUT2D eigenvalue weighted by atomic mass is 16.2. The molecule has 130 valence electrons. The topological polar surface area (TPSA) is 43.1 Å². The average molecular weight is 328 g/mol. The van der Waals surface area contributed by atoms with E-state index in [2.05, 4.69) is 48.3 Å². The lowest BCUT2D eigenvalue weighted by Crippen LogP contribution is -2.38. The fourth-order valence-electron chi connectivity index (χ4n) is 4.01. The van der Waals surface area contributed by atoms with E-state index in [0.717, 1.165) is 60.8 Å². The van der Waals surface area contributed by atoms with Crippen LogP contribution in [0.3, 0.4) is 0 Å². The summed E-state index contributed by atoms with van der Waals surface area (Å²) in [4.78, 5) is 15.2. The number of carbonyl (C=O) groups excluding carboxylic acids is 1. The van der Waals surface area contributed by atoms with Gasteiger partial charge < -0.3 is 9.47 Å². The third kappa shape index (κ3) is 2.87. The van der Waals surface area contributed by atoms with Crippen molar-refractivity contribution in [2.75, 3.05) is 6.54 Å². The molecule has 2 aromatic heterocycles. The van der Waals surface area contributed by atoms with Crippen molar-refractivity contribution in [3.05, 3.63) is 40.5 Å². The van der Waals surface area contributed by atoms with E-state index >= 15 is 0 Å². The summed E-state index contributed by atoms with van der Waals surface area (Å²) in [5.74, 6) is 0.173. The molecule has 1 amide bonds. The molecule has 0 aromatic carbocycles. The maximum atomic E-state index is 13.1. The molecule has 1 saturated heterocycles. The smallest absolute Gasteiger partial charge is 0.255 e. The molecule has 1 fully saturated rings. The second-order valence-electron chi connectivity index (χ2n) is 6.93. The predicted octanol–water partition coefficient (Wildman–Crippen LogP) is 3.24. The van der Waals surface area contributed by atoms with E-state index < -0.39 is 0 Å². The standard InChI is InChI=1S/C19H28N4O/c1-6-21-14(3)11-18(16(21)5)19(24)22-9-7-8-17(22)12-23-15(4)10-13(2)20-23/h10-11,17H,6-9,12H2,1-5H3/t17-/m1/s1. The Labute approximate surface area is 144 Å². The number of amides is 1. The normalized spacial score (nSPS) is 17.7. The van der Waals surface area contributed by atoms with Gasteiger partial charge in [0.15, 0.2) is 0 Å². The molecule has 3 rings (SSSR count). The highest BCUT2D eigenvalue weighted by molar-refractivity contribution is 5.96. The van der Waals surface area contributed by atoms with Crippen molar-refractivity contribution in [3.8, 4) is 0 Å². The van der Waals surface area contributed by atoms with Crippen molar-refractivity contribution in [3.63, 3.8) is 0 Å². The van der Waals surface area contributed by atoms with Gasteiger partial charge >= 0.3 is 0 Å². The molecular weight excluding hydrogens is 300 g/mol. The van der Waals surface area contributed by atoms with Gasteiger partial charge in [0.25, 0.3) is 5.91 Å². The number of aromatic nitrogens is 3. The summed E-state index contributed by atoms with van der Waals surface area (Å²) < 4.78 is 4.25. The zero-order valence-corrected chi connectivity index (χ0v) is 15.5. The Morgan fingerprint density at radius 3 is 2.54 bits per heavy atom. The minimum Gasteiger partial charge on any atom is -0.349 e. The van der Waals surface area contributed by atoms with Crippen LogP contribution in [0.2, 0.25) is 0 Å². The van der Waals surface area contributed by atoms with Crippen LogP contribution < -0.4 is 0 Å². The fourth-order valence-corrected chi connectivity index (χ4v) is 4.01. The summed E-state index contributed by atoms with van der Waals surface area (Å²) in [6.45, 7) is 12.9. The van der Waals surface area contributed by atoms with E-state index in [1.165, 1.54) is 0 Å². The molecule has 0 bridgehead atoms. The Hall–Kier alpha value is -2.04. The Morgan fingerprint density at radius 2 is 1.96 bits per heavy atom. The highest BCUT2D eigenvalue weighted by Crippen LogP contribution is 2.25. The minimum absolute atomic E-state index is 0.173. The number of hydrogen-bond donors (Lipinski definition) is 0. The molecule has 0 N–H and O–H groups in total. The van der Waals surface area contributed by atoms with Gasteiger partial charge in [0.1, 0.15) is 0 Å². The second-order valence-corrected chi connectivity index (χ2v) is 6.93. The number of aryl methyl sites for hydroxylation is 3. The Morgan fingerprint density at radius 1 is 1.21 bits per heavy atom. The van der Waals surface area contributed by atoms with Crippen LogP contribution in [-0.4, -0.2) is 37.7 Å². The lowest BCUT2D eigenvalue weighted by molar-refractivity contribution is 0.0720. The molecule has 2 aromatic rings. The minimum atomic E-state index is 0.173. The molecule has 5 nitrogen and oxygen atoms in total. The molecule has 24 heavy (non-hydrogen) atoms. The number of nitrogens with zero attached hydrogens (tertiary/aromatic N) is 4. The first kappa shape index (κ1) is 16.8. The summed E-state index contributed by atoms with van der Waals surface area (Å²) in [5.41, 5.74) is 5.30. The van der Waals surface area contributed by atoms with E-state index in [-0.39, 0.29) is 11.9 Å². The van der Waals surface area contributed by atoms with Crippen molar-refractivity contribution in [1.82, 2.24) is 19.2 Å². The first-order chi connectivity index (χ1) is 11.4. The van der Waals surface area contributed by atoms with Gasteiger partial charge in [-0.2, -0.15) is 5.10 Å². The highest BCUT2D eigenvalue weighted by Gasteiger charge is 2.31. The molecule has 1 aliphatic heterocycles. The molecule has 0 aliphatic carbocycles.